The van der Waals surface area contributed by atoms with Crippen LogP contribution in [0.1, 0.15) is 12.5 Å². The minimum Gasteiger partial charge on any atom is -0.493 e. The molecule has 2 aromatic carbocycles. The molecule has 0 aliphatic carbocycles. The Labute approximate surface area is 151 Å². The number of carbonyl (C=O) groups excluding carboxylic acids is 1. The molecule has 0 aromatic heterocycles. The van der Waals surface area contributed by atoms with Crippen LogP contribution in [-0.2, 0) is 9.63 Å². The Bertz CT molecular complexity index is 747. The number of benzene rings is 2. The van der Waals surface area contributed by atoms with E-state index in [4.69, 9.17) is 25.9 Å². The lowest BCUT2D eigenvalue weighted by atomic mass is 10.2. The normalized spacial score (nSPS) is 11.8. The fraction of sp³-hybridized carbons (Fsp3) is 0.222. The monoisotopic (exact) mass is 362 g/mol. The summed E-state index contributed by atoms with van der Waals surface area (Å²) >= 11 is 5.81. The highest BCUT2D eigenvalue weighted by Gasteiger charge is 2.14. The summed E-state index contributed by atoms with van der Waals surface area (Å²) in [5.74, 6) is 0.799. The second-order valence-electron chi connectivity index (χ2n) is 5.06. The van der Waals surface area contributed by atoms with Gasteiger partial charge in [-0.2, -0.15) is 0 Å². The standard InChI is InChI=1S/C18H19ClN2O4/c1-12(18(22)21-15-9-7-14(19)8-10-15)25-20-11-13-5-4-6-16(23-2)17(13)24-3/h4-12H,1-3H3,(H,21,22)/b20-11-/t12-/m1/s1. The van der Waals surface area contributed by atoms with Crippen molar-refractivity contribution in [3.05, 3.63) is 53.1 Å². The summed E-state index contributed by atoms with van der Waals surface area (Å²) in [5.41, 5.74) is 1.30. The molecule has 0 heterocycles. The SMILES string of the molecule is COc1cccc(/C=N\O[C@H](C)C(=O)Nc2ccc(Cl)cc2)c1OC. The Morgan fingerprint density at radius 1 is 1.16 bits per heavy atom. The van der Waals surface area contributed by atoms with E-state index in [1.807, 2.05) is 0 Å². The average Bonchev–Trinajstić information content (AvgIpc) is 2.63. The van der Waals surface area contributed by atoms with Gasteiger partial charge in [0, 0.05) is 16.3 Å². The first kappa shape index (κ1) is 18.6. The summed E-state index contributed by atoms with van der Waals surface area (Å²) in [7, 11) is 3.09. The molecule has 6 nitrogen and oxygen atoms in total. The number of methoxy groups -OCH3 is 2. The summed E-state index contributed by atoms with van der Waals surface area (Å²) in [4.78, 5) is 17.3. The highest BCUT2D eigenvalue weighted by Crippen LogP contribution is 2.29. The van der Waals surface area contributed by atoms with Gasteiger partial charge in [-0.25, -0.2) is 0 Å². The number of amides is 1. The summed E-state index contributed by atoms with van der Waals surface area (Å²) in [5, 5.41) is 7.17. The first-order valence-corrected chi connectivity index (χ1v) is 7.89. The van der Waals surface area contributed by atoms with Gasteiger partial charge in [-0.3, -0.25) is 4.79 Å². The molecule has 7 heteroatoms. The molecule has 2 aromatic rings. The lowest BCUT2D eigenvalue weighted by molar-refractivity contribution is -0.126. The minimum atomic E-state index is -0.775. The maximum Gasteiger partial charge on any atom is 0.267 e. The number of para-hydroxylation sites is 1. The number of ether oxygens (including phenoxy) is 2. The van der Waals surface area contributed by atoms with E-state index < -0.39 is 6.10 Å². The van der Waals surface area contributed by atoms with E-state index in [1.54, 1.807) is 56.5 Å². The van der Waals surface area contributed by atoms with Crippen LogP contribution >= 0.6 is 11.6 Å². The zero-order valence-corrected chi connectivity index (χ0v) is 14.9. The largest absolute Gasteiger partial charge is 0.493 e. The van der Waals surface area contributed by atoms with Gasteiger partial charge in [0.15, 0.2) is 11.5 Å². The van der Waals surface area contributed by atoms with Crippen LogP contribution in [-0.4, -0.2) is 32.4 Å². The van der Waals surface area contributed by atoms with Crippen LogP contribution in [0.5, 0.6) is 11.5 Å². The van der Waals surface area contributed by atoms with Crippen LogP contribution in [0.25, 0.3) is 0 Å². The van der Waals surface area contributed by atoms with E-state index in [0.717, 1.165) is 0 Å². The zero-order valence-electron chi connectivity index (χ0n) is 14.2. The zero-order chi connectivity index (χ0) is 18.2. The van der Waals surface area contributed by atoms with E-state index in [-0.39, 0.29) is 5.91 Å². The van der Waals surface area contributed by atoms with Crippen molar-refractivity contribution < 1.29 is 19.1 Å². The van der Waals surface area contributed by atoms with Crippen LogP contribution in [0.2, 0.25) is 5.02 Å². The molecule has 0 saturated heterocycles. The van der Waals surface area contributed by atoms with Crippen LogP contribution in [0.4, 0.5) is 5.69 Å². The third-order valence-corrected chi connectivity index (χ3v) is 3.58. The van der Waals surface area contributed by atoms with Crippen molar-refractivity contribution in [3.63, 3.8) is 0 Å². The fourth-order valence-electron chi connectivity index (χ4n) is 2.02. The Kier molecular flexibility index (Phi) is 6.65. The summed E-state index contributed by atoms with van der Waals surface area (Å²) < 4.78 is 10.5. The molecule has 132 valence electrons. The summed E-state index contributed by atoms with van der Waals surface area (Å²) in [6.45, 7) is 1.60. The third kappa shape index (κ3) is 5.12. The van der Waals surface area contributed by atoms with Crippen molar-refractivity contribution in [3.8, 4) is 11.5 Å². The first-order chi connectivity index (χ1) is 12.0. The Hall–Kier alpha value is -2.73. The molecular formula is C18H19ClN2O4. The number of carbonyl (C=O) groups is 1. The van der Waals surface area contributed by atoms with Crippen molar-refractivity contribution in [2.75, 3.05) is 19.5 Å². The Morgan fingerprint density at radius 2 is 1.88 bits per heavy atom. The molecule has 2 rings (SSSR count). The van der Waals surface area contributed by atoms with Gasteiger partial charge in [0.2, 0.25) is 6.10 Å². The van der Waals surface area contributed by atoms with Crippen molar-refractivity contribution >= 4 is 29.4 Å². The van der Waals surface area contributed by atoms with Crippen LogP contribution in [0, 0.1) is 0 Å². The van der Waals surface area contributed by atoms with Crippen molar-refractivity contribution in [2.24, 2.45) is 5.16 Å². The van der Waals surface area contributed by atoms with Gasteiger partial charge in [0.05, 0.1) is 20.4 Å². The molecule has 1 N–H and O–H groups in total. The van der Waals surface area contributed by atoms with E-state index in [9.17, 15) is 4.79 Å². The van der Waals surface area contributed by atoms with E-state index in [0.29, 0.717) is 27.8 Å². The van der Waals surface area contributed by atoms with Crippen molar-refractivity contribution in [1.82, 2.24) is 0 Å². The predicted octanol–water partition coefficient (Wildman–Crippen LogP) is 3.73. The number of hydrogen-bond acceptors (Lipinski definition) is 5. The van der Waals surface area contributed by atoms with Gasteiger partial charge >= 0.3 is 0 Å². The average molecular weight is 363 g/mol. The number of rotatable bonds is 7. The summed E-state index contributed by atoms with van der Waals surface area (Å²) in [6.07, 6.45) is 0.691. The van der Waals surface area contributed by atoms with Gasteiger partial charge < -0.3 is 19.6 Å². The lowest BCUT2D eigenvalue weighted by Gasteiger charge is -2.11. The molecule has 25 heavy (non-hydrogen) atoms. The molecule has 0 spiro atoms. The smallest absolute Gasteiger partial charge is 0.267 e. The molecule has 0 fully saturated rings. The number of nitrogens with one attached hydrogen (secondary N) is 1. The maximum absolute atomic E-state index is 12.1. The van der Waals surface area contributed by atoms with Crippen LogP contribution < -0.4 is 14.8 Å². The fourth-order valence-corrected chi connectivity index (χ4v) is 2.14. The Morgan fingerprint density at radius 3 is 2.52 bits per heavy atom. The number of nitrogens with zero attached hydrogens (tertiary/aromatic N) is 1. The van der Waals surface area contributed by atoms with E-state index in [1.165, 1.54) is 13.3 Å². The molecule has 0 saturated carbocycles. The number of oxime groups is 1. The van der Waals surface area contributed by atoms with Crippen molar-refractivity contribution in [1.29, 1.82) is 0 Å². The topological polar surface area (TPSA) is 69.2 Å². The quantitative estimate of drug-likeness (QED) is 0.601. The van der Waals surface area contributed by atoms with E-state index >= 15 is 0 Å². The molecule has 1 atom stereocenters. The van der Waals surface area contributed by atoms with Gasteiger partial charge in [-0.1, -0.05) is 22.8 Å². The predicted molar refractivity (Wildman–Crippen MR) is 97.8 cm³/mol. The minimum absolute atomic E-state index is 0.322. The number of halogens is 1. The van der Waals surface area contributed by atoms with Gasteiger partial charge in [-0.15, -0.1) is 0 Å². The van der Waals surface area contributed by atoms with Crippen molar-refractivity contribution in [2.45, 2.75) is 13.0 Å². The molecular weight excluding hydrogens is 344 g/mol. The van der Waals surface area contributed by atoms with Gasteiger partial charge in [-0.05, 0) is 43.3 Å². The molecule has 0 unspecified atom stereocenters. The number of anilines is 1. The van der Waals surface area contributed by atoms with Crippen LogP contribution in [0.3, 0.4) is 0 Å². The lowest BCUT2D eigenvalue weighted by Crippen LogP contribution is -2.26. The van der Waals surface area contributed by atoms with Gasteiger partial charge in [0.1, 0.15) is 0 Å². The molecule has 0 aliphatic rings. The van der Waals surface area contributed by atoms with E-state index in [2.05, 4.69) is 10.5 Å². The second kappa shape index (κ2) is 8.94. The molecule has 1 amide bonds. The highest BCUT2D eigenvalue weighted by molar-refractivity contribution is 6.30. The maximum atomic E-state index is 12.1. The Balaban J connectivity index is 1.97. The van der Waals surface area contributed by atoms with Gasteiger partial charge in [0.25, 0.3) is 5.91 Å². The third-order valence-electron chi connectivity index (χ3n) is 3.33. The first-order valence-electron chi connectivity index (χ1n) is 7.51. The molecule has 0 bridgehead atoms. The van der Waals surface area contributed by atoms with Crippen LogP contribution in [0.15, 0.2) is 47.6 Å². The second-order valence-corrected chi connectivity index (χ2v) is 5.50. The summed E-state index contributed by atoms with van der Waals surface area (Å²) in [6, 6.07) is 12.2. The molecule has 0 radical (unpaired) electrons. The highest BCUT2D eigenvalue weighted by atomic mass is 35.5. The number of hydrogen-bond donors (Lipinski definition) is 1. The molecule has 0 aliphatic heterocycles.